The zero-order valence-electron chi connectivity index (χ0n) is 17.1. The maximum atomic E-state index is 14.9. The molecule has 5 nitrogen and oxygen atoms in total. The molecule has 0 aliphatic carbocycles. The molecular weight excluding hydrogens is 434 g/mol. The fourth-order valence-electron chi connectivity index (χ4n) is 3.56. The number of aryl methyl sites for hydroxylation is 1. The van der Waals surface area contributed by atoms with Gasteiger partial charge in [0.1, 0.15) is 11.6 Å². The fraction of sp³-hybridized carbons (Fsp3) is 0.125. The summed E-state index contributed by atoms with van der Waals surface area (Å²) in [4.78, 5) is 18.3. The van der Waals surface area contributed by atoms with Crippen molar-refractivity contribution in [2.24, 2.45) is 0 Å². The summed E-state index contributed by atoms with van der Waals surface area (Å²) >= 11 is 6.55. The van der Waals surface area contributed by atoms with E-state index in [1.807, 2.05) is 6.07 Å². The lowest BCUT2D eigenvalue weighted by atomic mass is 10.0. The summed E-state index contributed by atoms with van der Waals surface area (Å²) < 4.78 is 29.3. The van der Waals surface area contributed by atoms with Crippen LogP contribution in [0.25, 0.3) is 22.0 Å². The highest BCUT2D eigenvalue weighted by Crippen LogP contribution is 2.38. The van der Waals surface area contributed by atoms with Crippen LogP contribution in [0.1, 0.15) is 29.8 Å². The molecule has 2 aromatic carbocycles. The third kappa shape index (κ3) is 3.93. The Bertz CT molecular complexity index is 1440. The molecule has 8 heteroatoms. The van der Waals surface area contributed by atoms with E-state index in [1.165, 1.54) is 42.6 Å². The van der Waals surface area contributed by atoms with Gasteiger partial charge in [-0.2, -0.15) is 5.26 Å². The highest BCUT2D eigenvalue weighted by molar-refractivity contribution is 6.35. The minimum atomic E-state index is -0.549. The number of nitrogens with one attached hydrogen (secondary N) is 2. The number of benzene rings is 2. The summed E-state index contributed by atoms with van der Waals surface area (Å²) in [5, 5.41) is 13.2. The molecule has 0 aliphatic heterocycles. The lowest BCUT2D eigenvalue weighted by Crippen LogP contribution is -2.11. The zero-order valence-corrected chi connectivity index (χ0v) is 17.9. The van der Waals surface area contributed by atoms with Crippen LogP contribution >= 0.6 is 11.6 Å². The molecule has 160 valence electrons. The van der Waals surface area contributed by atoms with E-state index in [1.54, 1.807) is 19.9 Å². The smallest absolute Gasteiger partial charge is 0.247 e. The number of nitriles is 1. The summed E-state index contributed by atoms with van der Waals surface area (Å²) in [6.45, 7) is 3.44. The van der Waals surface area contributed by atoms with Crippen molar-refractivity contribution in [1.29, 1.82) is 5.26 Å². The second-order valence-electron chi connectivity index (χ2n) is 7.39. The molecule has 4 aromatic rings. The van der Waals surface area contributed by atoms with E-state index in [0.29, 0.717) is 44.0 Å². The lowest BCUT2D eigenvalue weighted by Gasteiger charge is -2.20. The molecule has 0 fully saturated rings. The first-order valence-electron chi connectivity index (χ1n) is 9.73. The van der Waals surface area contributed by atoms with Crippen LogP contribution in [0.15, 0.2) is 53.5 Å². The van der Waals surface area contributed by atoms with Crippen LogP contribution in [0.3, 0.4) is 0 Å². The van der Waals surface area contributed by atoms with Crippen molar-refractivity contribution < 1.29 is 8.78 Å². The molecule has 0 bridgehead atoms. The normalized spacial score (nSPS) is 11.9. The van der Waals surface area contributed by atoms with E-state index in [-0.39, 0.29) is 11.1 Å². The Hall–Kier alpha value is -3.76. The number of hydrogen-bond acceptors (Lipinski definition) is 4. The van der Waals surface area contributed by atoms with Crippen LogP contribution in [-0.2, 0) is 0 Å². The summed E-state index contributed by atoms with van der Waals surface area (Å²) in [6, 6.07) is 11.3. The number of halogens is 3. The van der Waals surface area contributed by atoms with Gasteiger partial charge in [0, 0.05) is 40.4 Å². The first-order chi connectivity index (χ1) is 15.3. The molecule has 0 spiro atoms. The van der Waals surface area contributed by atoms with Crippen LogP contribution in [0.4, 0.5) is 14.5 Å². The lowest BCUT2D eigenvalue weighted by molar-refractivity contribution is 0.600. The second kappa shape index (κ2) is 8.40. The standard InChI is InChI=1S/C24H17ClF2N4O/c1-12(16-7-14(10-28)3-5-19(16)26)31-24-18-8-17(15-4-6-22(32)29-11-15)20(27)9-21(18)30-13(2)23(24)25/h3-9,11-12H,1-2H3,(H,29,32)(H,30,31). The van der Waals surface area contributed by atoms with Crippen molar-refractivity contribution in [2.45, 2.75) is 19.9 Å². The predicted octanol–water partition coefficient (Wildman–Crippen LogP) is 5.87. The van der Waals surface area contributed by atoms with Gasteiger partial charge in [-0.3, -0.25) is 9.78 Å². The SMILES string of the molecule is Cc1nc2cc(F)c(-c3ccc(=O)[nH]c3)cc2c(NC(C)c2cc(C#N)ccc2F)c1Cl. The van der Waals surface area contributed by atoms with Crippen molar-refractivity contribution in [1.82, 2.24) is 9.97 Å². The van der Waals surface area contributed by atoms with Gasteiger partial charge in [0.15, 0.2) is 0 Å². The minimum Gasteiger partial charge on any atom is -0.377 e. The van der Waals surface area contributed by atoms with Crippen molar-refractivity contribution in [2.75, 3.05) is 5.32 Å². The van der Waals surface area contributed by atoms with Gasteiger partial charge in [-0.05, 0) is 44.2 Å². The molecule has 4 rings (SSSR count). The maximum Gasteiger partial charge on any atom is 0.247 e. The molecule has 1 atom stereocenters. The van der Waals surface area contributed by atoms with E-state index < -0.39 is 17.7 Å². The number of pyridine rings is 2. The third-order valence-electron chi connectivity index (χ3n) is 5.23. The molecule has 0 radical (unpaired) electrons. The van der Waals surface area contributed by atoms with Crippen molar-refractivity contribution in [3.63, 3.8) is 0 Å². The number of H-pyrrole nitrogens is 1. The van der Waals surface area contributed by atoms with Crippen LogP contribution in [0, 0.1) is 29.9 Å². The van der Waals surface area contributed by atoms with Crippen LogP contribution < -0.4 is 10.9 Å². The zero-order chi connectivity index (χ0) is 23.0. The molecule has 1 unspecified atom stereocenters. The summed E-state index contributed by atoms with van der Waals surface area (Å²) in [5.41, 5.74) is 2.39. The Morgan fingerprint density at radius 1 is 1.16 bits per heavy atom. The molecule has 0 amide bonds. The van der Waals surface area contributed by atoms with Crippen LogP contribution in [0.5, 0.6) is 0 Å². The van der Waals surface area contributed by atoms with Crippen LogP contribution in [0.2, 0.25) is 5.02 Å². The number of aromatic amines is 1. The largest absolute Gasteiger partial charge is 0.377 e. The number of hydrogen-bond donors (Lipinski definition) is 2. The van der Waals surface area contributed by atoms with Gasteiger partial charge in [0.2, 0.25) is 5.56 Å². The third-order valence-corrected chi connectivity index (χ3v) is 5.69. The van der Waals surface area contributed by atoms with Crippen LogP contribution in [-0.4, -0.2) is 9.97 Å². The number of nitrogens with zero attached hydrogens (tertiary/aromatic N) is 2. The monoisotopic (exact) mass is 450 g/mol. The molecular formula is C24H17ClF2N4O. The molecule has 0 saturated heterocycles. The Morgan fingerprint density at radius 3 is 2.62 bits per heavy atom. The fourth-order valence-corrected chi connectivity index (χ4v) is 3.76. The van der Waals surface area contributed by atoms with E-state index >= 15 is 0 Å². The van der Waals surface area contributed by atoms with Gasteiger partial charge >= 0.3 is 0 Å². The number of aromatic nitrogens is 2. The topological polar surface area (TPSA) is 81.6 Å². The van der Waals surface area contributed by atoms with Crippen molar-refractivity contribution in [3.05, 3.63) is 92.5 Å². The average Bonchev–Trinajstić information content (AvgIpc) is 2.77. The van der Waals surface area contributed by atoms with Gasteiger partial charge in [0.05, 0.1) is 39.6 Å². The highest BCUT2D eigenvalue weighted by Gasteiger charge is 2.19. The molecule has 2 N–H and O–H groups in total. The summed E-state index contributed by atoms with van der Waals surface area (Å²) in [5.74, 6) is -0.972. The molecule has 2 aromatic heterocycles. The molecule has 0 saturated carbocycles. The van der Waals surface area contributed by atoms with Gasteiger partial charge in [0.25, 0.3) is 0 Å². The Morgan fingerprint density at radius 2 is 1.94 bits per heavy atom. The molecule has 32 heavy (non-hydrogen) atoms. The van der Waals surface area contributed by atoms with E-state index in [4.69, 9.17) is 16.9 Å². The van der Waals surface area contributed by atoms with Crippen molar-refractivity contribution >= 4 is 28.2 Å². The van der Waals surface area contributed by atoms with Gasteiger partial charge in [-0.25, -0.2) is 8.78 Å². The van der Waals surface area contributed by atoms with Gasteiger partial charge in [-0.1, -0.05) is 11.6 Å². The molecule has 0 aliphatic rings. The average molecular weight is 451 g/mol. The minimum absolute atomic E-state index is 0.254. The van der Waals surface area contributed by atoms with E-state index in [9.17, 15) is 13.6 Å². The second-order valence-corrected chi connectivity index (χ2v) is 7.77. The van der Waals surface area contributed by atoms with E-state index in [2.05, 4.69) is 15.3 Å². The maximum absolute atomic E-state index is 14.9. The quantitative estimate of drug-likeness (QED) is 0.407. The molecule has 2 heterocycles. The number of rotatable bonds is 4. The van der Waals surface area contributed by atoms with Gasteiger partial charge < -0.3 is 10.3 Å². The Kier molecular flexibility index (Phi) is 5.64. The predicted molar refractivity (Wildman–Crippen MR) is 121 cm³/mol. The first-order valence-corrected chi connectivity index (χ1v) is 10.1. The number of fused-ring (bicyclic) bond motifs is 1. The van der Waals surface area contributed by atoms with Crippen molar-refractivity contribution in [3.8, 4) is 17.2 Å². The Balaban J connectivity index is 1.87. The summed E-state index contributed by atoms with van der Waals surface area (Å²) in [6.07, 6.45) is 1.42. The summed E-state index contributed by atoms with van der Waals surface area (Å²) in [7, 11) is 0. The number of anilines is 1. The van der Waals surface area contributed by atoms with E-state index in [0.717, 1.165) is 0 Å². The first kappa shape index (κ1) is 21.5. The Labute approximate surface area is 187 Å². The van der Waals surface area contributed by atoms with Gasteiger partial charge in [-0.15, -0.1) is 0 Å². The highest BCUT2D eigenvalue weighted by atomic mass is 35.5.